The van der Waals surface area contributed by atoms with Crippen molar-refractivity contribution >= 4 is 17.1 Å². The van der Waals surface area contributed by atoms with Gasteiger partial charge in [0, 0.05) is 20.1 Å². The van der Waals surface area contributed by atoms with E-state index in [1.165, 1.54) is 6.92 Å². The van der Waals surface area contributed by atoms with Crippen LogP contribution in [0.3, 0.4) is 0 Å². The fourth-order valence-electron chi connectivity index (χ4n) is 3.65. The lowest BCUT2D eigenvalue weighted by atomic mass is 10.0. The van der Waals surface area contributed by atoms with Gasteiger partial charge in [0.2, 0.25) is 0 Å². The Hall–Kier alpha value is -2.88. The first kappa shape index (κ1) is 19.4. The SMILES string of the molecule is Cc1cc(C(F)(F)F)cc(O)c1-c1nc2nc(N3CCC(O)CC3)cnc2n1C. The van der Waals surface area contributed by atoms with Gasteiger partial charge in [-0.25, -0.2) is 15.0 Å². The minimum absolute atomic E-state index is 0.211. The molecule has 3 aromatic rings. The van der Waals surface area contributed by atoms with Crippen molar-refractivity contribution in [1.29, 1.82) is 0 Å². The molecule has 3 heterocycles. The number of aryl methyl sites for hydroxylation is 2. The van der Waals surface area contributed by atoms with Crippen LogP contribution >= 0.6 is 0 Å². The van der Waals surface area contributed by atoms with E-state index < -0.39 is 17.5 Å². The smallest absolute Gasteiger partial charge is 0.416 e. The van der Waals surface area contributed by atoms with Crippen molar-refractivity contribution in [1.82, 2.24) is 19.5 Å². The Morgan fingerprint density at radius 2 is 1.83 bits per heavy atom. The van der Waals surface area contributed by atoms with E-state index in [0.29, 0.717) is 49.1 Å². The molecule has 10 heteroatoms. The summed E-state index contributed by atoms with van der Waals surface area (Å²) in [6, 6.07) is 1.69. The lowest BCUT2D eigenvalue weighted by molar-refractivity contribution is -0.137. The number of fused-ring (bicyclic) bond motifs is 1. The van der Waals surface area contributed by atoms with Gasteiger partial charge in [0.15, 0.2) is 11.3 Å². The number of hydrogen-bond acceptors (Lipinski definition) is 6. The summed E-state index contributed by atoms with van der Waals surface area (Å²) in [6.07, 6.45) is -1.95. The summed E-state index contributed by atoms with van der Waals surface area (Å²) in [6.45, 7) is 2.80. The van der Waals surface area contributed by atoms with E-state index in [2.05, 4.69) is 15.0 Å². The van der Waals surface area contributed by atoms with Crippen molar-refractivity contribution in [3.05, 3.63) is 29.5 Å². The van der Waals surface area contributed by atoms with Gasteiger partial charge < -0.3 is 19.7 Å². The second-order valence-corrected chi connectivity index (χ2v) is 7.27. The zero-order chi connectivity index (χ0) is 20.9. The highest BCUT2D eigenvalue weighted by molar-refractivity contribution is 5.79. The first-order valence-electron chi connectivity index (χ1n) is 9.19. The van der Waals surface area contributed by atoms with Crippen LogP contribution in [-0.4, -0.2) is 48.9 Å². The third kappa shape index (κ3) is 3.48. The first-order chi connectivity index (χ1) is 13.6. The zero-order valence-electron chi connectivity index (χ0n) is 15.9. The van der Waals surface area contributed by atoms with Gasteiger partial charge in [-0.1, -0.05) is 0 Å². The maximum Gasteiger partial charge on any atom is 0.416 e. The van der Waals surface area contributed by atoms with Crippen molar-refractivity contribution in [2.24, 2.45) is 7.05 Å². The summed E-state index contributed by atoms with van der Waals surface area (Å²) in [7, 11) is 1.67. The van der Waals surface area contributed by atoms with E-state index in [1.54, 1.807) is 17.8 Å². The average molecular weight is 407 g/mol. The van der Waals surface area contributed by atoms with E-state index in [9.17, 15) is 23.4 Å². The molecule has 1 aromatic carbocycles. The number of aliphatic hydroxyl groups excluding tert-OH is 1. The molecule has 154 valence electrons. The largest absolute Gasteiger partial charge is 0.507 e. The molecule has 0 saturated carbocycles. The molecule has 29 heavy (non-hydrogen) atoms. The van der Waals surface area contributed by atoms with Crippen LogP contribution < -0.4 is 4.90 Å². The number of rotatable bonds is 2. The Bertz CT molecular complexity index is 1050. The van der Waals surface area contributed by atoms with Crippen LogP contribution in [0.2, 0.25) is 0 Å². The molecule has 7 nitrogen and oxygen atoms in total. The third-order valence-corrected chi connectivity index (χ3v) is 5.22. The highest BCUT2D eigenvalue weighted by atomic mass is 19.4. The number of aromatic hydroxyl groups is 1. The number of nitrogens with zero attached hydrogens (tertiary/aromatic N) is 5. The fourth-order valence-corrected chi connectivity index (χ4v) is 3.65. The number of halogens is 3. The summed E-state index contributed by atoms with van der Waals surface area (Å²) < 4.78 is 40.6. The zero-order valence-corrected chi connectivity index (χ0v) is 15.9. The van der Waals surface area contributed by atoms with Gasteiger partial charge in [0.05, 0.1) is 23.4 Å². The van der Waals surface area contributed by atoms with Crippen molar-refractivity contribution < 1.29 is 23.4 Å². The molecule has 1 aliphatic heterocycles. The molecule has 2 aromatic heterocycles. The molecule has 0 atom stereocenters. The van der Waals surface area contributed by atoms with Gasteiger partial charge in [-0.3, -0.25) is 0 Å². The molecule has 0 spiro atoms. The van der Waals surface area contributed by atoms with Crippen LogP contribution in [0.15, 0.2) is 18.3 Å². The molecule has 0 radical (unpaired) electrons. The van der Waals surface area contributed by atoms with Gasteiger partial charge in [-0.15, -0.1) is 0 Å². The van der Waals surface area contributed by atoms with E-state index >= 15 is 0 Å². The standard InChI is InChI=1S/C19H20F3N5O2/c1-10-7-11(19(20,21)22)8-13(29)15(10)17-25-16-18(26(17)2)23-9-14(24-16)27-5-3-12(28)4-6-27/h7-9,12,28-29H,3-6H2,1-2H3. The fraction of sp³-hybridized carbons (Fsp3) is 0.421. The highest BCUT2D eigenvalue weighted by Crippen LogP contribution is 2.39. The summed E-state index contributed by atoms with van der Waals surface area (Å²) >= 11 is 0. The number of piperidine rings is 1. The van der Waals surface area contributed by atoms with Crippen LogP contribution in [-0.2, 0) is 13.2 Å². The van der Waals surface area contributed by atoms with Gasteiger partial charge in [-0.2, -0.15) is 13.2 Å². The van der Waals surface area contributed by atoms with Crippen molar-refractivity contribution in [2.45, 2.75) is 32.0 Å². The van der Waals surface area contributed by atoms with Gasteiger partial charge in [-0.05, 0) is 37.5 Å². The molecular weight excluding hydrogens is 387 g/mol. The van der Waals surface area contributed by atoms with Gasteiger partial charge in [0.25, 0.3) is 0 Å². The number of hydrogen-bond donors (Lipinski definition) is 2. The van der Waals surface area contributed by atoms with Gasteiger partial charge in [0.1, 0.15) is 17.4 Å². The number of anilines is 1. The summed E-state index contributed by atoms with van der Waals surface area (Å²) in [5, 5.41) is 20.0. The maximum atomic E-state index is 13.0. The average Bonchev–Trinajstić information content (AvgIpc) is 2.97. The molecule has 2 N–H and O–H groups in total. The Morgan fingerprint density at radius 1 is 1.14 bits per heavy atom. The molecule has 0 bridgehead atoms. The Labute approximate surface area is 164 Å². The normalized spacial score (nSPS) is 16.0. The van der Waals surface area contributed by atoms with Crippen LogP contribution in [0.25, 0.3) is 22.7 Å². The predicted octanol–water partition coefficient (Wildman–Crippen LogP) is 3.02. The number of imidazole rings is 1. The first-order valence-corrected chi connectivity index (χ1v) is 9.19. The predicted molar refractivity (Wildman–Crippen MR) is 101 cm³/mol. The number of benzene rings is 1. The second kappa shape index (κ2) is 6.87. The molecule has 0 aliphatic carbocycles. The topological polar surface area (TPSA) is 87.3 Å². The highest BCUT2D eigenvalue weighted by Gasteiger charge is 2.32. The maximum absolute atomic E-state index is 13.0. The Kier molecular flexibility index (Phi) is 4.60. The van der Waals surface area contributed by atoms with Gasteiger partial charge >= 0.3 is 6.18 Å². The quantitative estimate of drug-likeness (QED) is 0.679. The Morgan fingerprint density at radius 3 is 2.45 bits per heavy atom. The molecule has 4 rings (SSSR count). The van der Waals surface area contributed by atoms with Crippen molar-refractivity contribution in [2.75, 3.05) is 18.0 Å². The summed E-state index contributed by atoms with van der Waals surface area (Å²) in [5.74, 6) is 0.415. The van der Waals surface area contributed by atoms with E-state index in [4.69, 9.17) is 0 Å². The molecule has 0 unspecified atom stereocenters. The number of aliphatic hydroxyl groups is 1. The number of alkyl halides is 3. The van der Waals surface area contributed by atoms with E-state index in [1.807, 2.05) is 4.90 Å². The molecule has 1 saturated heterocycles. The van der Waals surface area contributed by atoms with Crippen molar-refractivity contribution in [3.63, 3.8) is 0 Å². The van der Waals surface area contributed by atoms with Crippen LogP contribution in [0.5, 0.6) is 5.75 Å². The minimum Gasteiger partial charge on any atom is -0.507 e. The lowest BCUT2D eigenvalue weighted by Gasteiger charge is -2.30. The number of phenolic OH excluding ortho intramolecular Hbond substituents is 1. The summed E-state index contributed by atoms with van der Waals surface area (Å²) in [4.78, 5) is 15.4. The summed E-state index contributed by atoms with van der Waals surface area (Å²) in [5.41, 5.74) is 0.342. The lowest BCUT2D eigenvalue weighted by Crippen LogP contribution is -2.36. The van der Waals surface area contributed by atoms with Crippen LogP contribution in [0.1, 0.15) is 24.0 Å². The van der Waals surface area contributed by atoms with E-state index in [-0.39, 0.29) is 23.1 Å². The number of aromatic nitrogens is 4. The molecular formula is C19H20F3N5O2. The number of phenols is 1. The van der Waals surface area contributed by atoms with Crippen molar-refractivity contribution in [3.8, 4) is 17.1 Å². The van der Waals surface area contributed by atoms with Crippen LogP contribution in [0.4, 0.5) is 19.0 Å². The molecule has 0 amide bonds. The third-order valence-electron chi connectivity index (χ3n) is 5.22. The van der Waals surface area contributed by atoms with E-state index in [0.717, 1.165) is 6.07 Å². The van der Waals surface area contributed by atoms with Crippen LogP contribution in [0, 0.1) is 6.92 Å². The monoisotopic (exact) mass is 407 g/mol. The second-order valence-electron chi connectivity index (χ2n) is 7.27. The minimum atomic E-state index is -4.55. The molecule has 1 fully saturated rings. The molecule has 1 aliphatic rings. The Balaban J connectivity index is 1.76.